The van der Waals surface area contributed by atoms with Gasteiger partial charge in [0.1, 0.15) is 18.1 Å². The molecule has 3 amide bonds. The summed E-state index contributed by atoms with van der Waals surface area (Å²) in [6.07, 6.45) is 4.13. The summed E-state index contributed by atoms with van der Waals surface area (Å²) < 4.78 is 0. The van der Waals surface area contributed by atoms with E-state index in [2.05, 4.69) is 28.6 Å². The molecule has 0 rings (SSSR count). The van der Waals surface area contributed by atoms with Gasteiger partial charge in [0.05, 0.1) is 6.04 Å². The Balaban J connectivity index is 5.11. The molecule has 10 nitrogen and oxygen atoms in total. The molecular formula is C19H37N5O5S2. The Morgan fingerprint density at radius 1 is 0.968 bits per heavy atom. The van der Waals surface area contributed by atoms with E-state index in [4.69, 9.17) is 11.5 Å². The van der Waals surface area contributed by atoms with Crippen LogP contribution in [0.15, 0.2) is 0 Å². The number of thioether (sulfide) groups is 1. The molecule has 0 saturated heterocycles. The average molecular weight is 480 g/mol. The van der Waals surface area contributed by atoms with Crippen molar-refractivity contribution in [3.8, 4) is 0 Å². The van der Waals surface area contributed by atoms with Crippen molar-refractivity contribution in [3.05, 3.63) is 0 Å². The van der Waals surface area contributed by atoms with Gasteiger partial charge >= 0.3 is 5.97 Å². The first-order valence-corrected chi connectivity index (χ1v) is 12.3. The number of hydrogen-bond acceptors (Lipinski definition) is 8. The maximum absolute atomic E-state index is 12.8. The fraction of sp³-hybridized carbons (Fsp3) is 0.789. The minimum Gasteiger partial charge on any atom is -0.480 e. The Morgan fingerprint density at radius 3 is 2.03 bits per heavy atom. The summed E-state index contributed by atoms with van der Waals surface area (Å²) in [6, 6.07) is -3.79. The smallest absolute Gasteiger partial charge is 0.326 e. The molecule has 0 aromatic rings. The molecule has 4 atom stereocenters. The summed E-state index contributed by atoms with van der Waals surface area (Å²) in [7, 11) is 0. The Bertz CT molecular complexity index is 594. The molecule has 0 bridgehead atoms. The van der Waals surface area contributed by atoms with E-state index in [9.17, 15) is 24.3 Å². The molecule has 0 aromatic carbocycles. The van der Waals surface area contributed by atoms with Gasteiger partial charge in [0, 0.05) is 5.75 Å². The van der Waals surface area contributed by atoms with Gasteiger partial charge < -0.3 is 32.5 Å². The van der Waals surface area contributed by atoms with Crippen LogP contribution in [0.1, 0.15) is 39.5 Å². The summed E-state index contributed by atoms with van der Waals surface area (Å²) in [5.74, 6) is -2.60. The van der Waals surface area contributed by atoms with E-state index < -0.39 is 47.9 Å². The van der Waals surface area contributed by atoms with Gasteiger partial charge in [0.25, 0.3) is 0 Å². The highest BCUT2D eigenvalue weighted by Crippen LogP contribution is 2.06. The van der Waals surface area contributed by atoms with Crippen molar-refractivity contribution in [1.29, 1.82) is 0 Å². The lowest BCUT2D eigenvalue weighted by Gasteiger charge is -2.25. The van der Waals surface area contributed by atoms with Crippen LogP contribution >= 0.6 is 24.4 Å². The fourth-order valence-corrected chi connectivity index (χ4v) is 3.39. The van der Waals surface area contributed by atoms with Gasteiger partial charge in [-0.25, -0.2) is 4.79 Å². The van der Waals surface area contributed by atoms with Gasteiger partial charge in [0.2, 0.25) is 17.7 Å². The topological polar surface area (TPSA) is 177 Å². The number of unbranched alkanes of at least 4 members (excludes halogenated alkanes) is 1. The van der Waals surface area contributed by atoms with Crippen LogP contribution in [0.5, 0.6) is 0 Å². The monoisotopic (exact) mass is 479 g/mol. The van der Waals surface area contributed by atoms with E-state index in [1.54, 1.807) is 13.8 Å². The van der Waals surface area contributed by atoms with Crippen LogP contribution in [-0.2, 0) is 19.2 Å². The Hall–Kier alpha value is -1.50. The molecule has 180 valence electrons. The molecule has 0 radical (unpaired) electrons. The molecular weight excluding hydrogens is 442 g/mol. The second kappa shape index (κ2) is 16.2. The summed E-state index contributed by atoms with van der Waals surface area (Å²) in [6.45, 7) is 3.84. The third-order valence-electron chi connectivity index (χ3n) is 4.60. The van der Waals surface area contributed by atoms with Gasteiger partial charge in [-0.3, -0.25) is 14.4 Å². The number of carbonyl (C=O) groups is 4. The lowest BCUT2D eigenvalue weighted by Crippen LogP contribution is -2.58. The summed E-state index contributed by atoms with van der Waals surface area (Å²) in [5, 5.41) is 16.9. The van der Waals surface area contributed by atoms with E-state index in [0.29, 0.717) is 31.6 Å². The standard InChI is InChI=1S/C19H37N5O5S2/c1-11(2)15(19(28)29)24-18(27)14(10-30)23-17(26)13(7-9-31-3)22-16(25)12(21)6-4-5-8-20/h11-15,30H,4-10,20-21H2,1-3H3,(H,22,25)(H,23,26)(H,24,27)(H,28,29). The SMILES string of the molecule is CSCCC(NC(=O)C(N)CCCCN)C(=O)NC(CS)C(=O)NC(C(=O)O)C(C)C. The van der Waals surface area contributed by atoms with E-state index in [1.165, 1.54) is 11.8 Å². The molecule has 0 aliphatic carbocycles. The second-order valence-corrected chi connectivity index (χ2v) is 8.90. The molecule has 0 aliphatic rings. The van der Waals surface area contributed by atoms with Crippen LogP contribution in [-0.4, -0.2) is 77.3 Å². The predicted octanol–water partition coefficient (Wildman–Crippen LogP) is -0.679. The highest BCUT2D eigenvalue weighted by atomic mass is 32.2. The minimum atomic E-state index is -1.17. The Morgan fingerprint density at radius 2 is 1.55 bits per heavy atom. The normalized spacial score (nSPS) is 14.9. The number of hydrogen-bond donors (Lipinski definition) is 7. The van der Waals surface area contributed by atoms with Gasteiger partial charge in [-0.1, -0.05) is 20.3 Å². The van der Waals surface area contributed by atoms with Crippen LogP contribution in [0.2, 0.25) is 0 Å². The van der Waals surface area contributed by atoms with Crippen molar-refractivity contribution >= 4 is 48.1 Å². The molecule has 4 unspecified atom stereocenters. The number of nitrogens with one attached hydrogen (secondary N) is 3. The van der Waals surface area contributed by atoms with Crippen molar-refractivity contribution < 1.29 is 24.3 Å². The maximum atomic E-state index is 12.8. The zero-order valence-corrected chi connectivity index (χ0v) is 20.1. The van der Waals surface area contributed by atoms with Crippen molar-refractivity contribution in [2.45, 2.75) is 63.7 Å². The number of carbonyl (C=O) groups excluding carboxylic acids is 3. The second-order valence-electron chi connectivity index (χ2n) is 7.55. The number of rotatable bonds is 16. The molecule has 12 heteroatoms. The molecule has 31 heavy (non-hydrogen) atoms. The van der Waals surface area contributed by atoms with Gasteiger partial charge in [-0.2, -0.15) is 24.4 Å². The van der Waals surface area contributed by atoms with Crippen LogP contribution in [0.3, 0.4) is 0 Å². The molecule has 0 aliphatic heterocycles. The zero-order valence-electron chi connectivity index (χ0n) is 18.4. The number of amides is 3. The van der Waals surface area contributed by atoms with Crippen LogP contribution < -0.4 is 27.4 Å². The number of carboxylic acids is 1. The molecule has 0 saturated carbocycles. The van der Waals surface area contributed by atoms with E-state index in [-0.39, 0.29) is 11.7 Å². The summed E-state index contributed by atoms with van der Waals surface area (Å²) >= 11 is 5.61. The molecule has 8 N–H and O–H groups in total. The largest absolute Gasteiger partial charge is 0.480 e. The van der Waals surface area contributed by atoms with E-state index in [0.717, 1.165) is 6.42 Å². The quantitative estimate of drug-likeness (QED) is 0.112. The van der Waals surface area contributed by atoms with Gasteiger partial charge in [-0.15, -0.1) is 0 Å². The van der Waals surface area contributed by atoms with Gasteiger partial charge in [0.15, 0.2) is 0 Å². The van der Waals surface area contributed by atoms with E-state index >= 15 is 0 Å². The zero-order chi connectivity index (χ0) is 24.0. The number of thiol groups is 1. The first-order valence-electron chi connectivity index (χ1n) is 10.3. The number of aliphatic carboxylic acids is 1. The summed E-state index contributed by atoms with van der Waals surface area (Å²) in [5.41, 5.74) is 11.3. The first kappa shape index (κ1) is 29.5. The lowest BCUT2D eigenvalue weighted by molar-refractivity contribution is -0.143. The Labute approximate surface area is 193 Å². The van der Waals surface area contributed by atoms with Gasteiger partial charge in [-0.05, 0) is 43.7 Å². The third kappa shape index (κ3) is 11.6. The summed E-state index contributed by atoms with van der Waals surface area (Å²) in [4.78, 5) is 49.0. The van der Waals surface area contributed by atoms with Crippen molar-refractivity contribution in [2.24, 2.45) is 17.4 Å². The van der Waals surface area contributed by atoms with E-state index in [1.807, 2.05) is 6.26 Å². The average Bonchev–Trinajstić information content (AvgIpc) is 2.71. The molecule has 0 fully saturated rings. The lowest BCUT2D eigenvalue weighted by atomic mass is 10.0. The first-order chi connectivity index (χ1) is 14.6. The predicted molar refractivity (Wildman–Crippen MR) is 126 cm³/mol. The van der Waals surface area contributed by atoms with Crippen molar-refractivity contribution in [3.63, 3.8) is 0 Å². The highest BCUT2D eigenvalue weighted by Gasteiger charge is 2.30. The van der Waals surface area contributed by atoms with Crippen molar-refractivity contribution in [2.75, 3.05) is 24.3 Å². The number of nitrogens with two attached hydrogens (primary N) is 2. The van der Waals surface area contributed by atoms with Crippen molar-refractivity contribution in [1.82, 2.24) is 16.0 Å². The van der Waals surface area contributed by atoms with Crippen LogP contribution in [0.4, 0.5) is 0 Å². The number of carboxylic acid groups (broad SMARTS) is 1. The minimum absolute atomic E-state index is 0.0379. The molecule has 0 aromatic heterocycles. The van der Waals surface area contributed by atoms with Crippen LogP contribution in [0, 0.1) is 5.92 Å². The van der Waals surface area contributed by atoms with Crippen LogP contribution in [0.25, 0.3) is 0 Å². The molecule has 0 spiro atoms. The molecule has 0 heterocycles. The maximum Gasteiger partial charge on any atom is 0.326 e. The Kier molecular flexibility index (Phi) is 15.4. The fourth-order valence-electron chi connectivity index (χ4n) is 2.66. The third-order valence-corrected chi connectivity index (χ3v) is 5.60. The highest BCUT2D eigenvalue weighted by molar-refractivity contribution is 7.98.